The fraction of sp³-hybridized carbons (Fsp3) is 0.286. The summed E-state index contributed by atoms with van der Waals surface area (Å²) in [4.78, 5) is 7.60. The standard InChI is InChI=1S/C21H23N3O2S/c1-6-7-10-24(17-8-9-23-21(22-5)15(17)3)16(4)27-20-12-19-18(11-14(20)2)25-13-26-19/h1,8-9,11-12H,4,7,10,13H2,2-3,5H3,(H,22,23). The van der Waals surface area contributed by atoms with Gasteiger partial charge in [0.05, 0.1) is 5.03 Å². The van der Waals surface area contributed by atoms with E-state index in [1.54, 1.807) is 18.0 Å². The van der Waals surface area contributed by atoms with Crippen LogP contribution >= 0.6 is 11.8 Å². The molecule has 3 rings (SSSR count). The first-order valence-corrected chi connectivity index (χ1v) is 9.48. The minimum absolute atomic E-state index is 0.265. The number of pyridine rings is 1. The highest BCUT2D eigenvalue weighted by Gasteiger charge is 2.20. The van der Waals surface area contributed by atoms with Crippen LogP contribution in [0.2, 0.25) is 0 Å². The van der Waals surface area contributed by atoms with Crippen molar-refractivity contribution in [3.05, 3.63) is 47.1 Å². The minimum Gasteiger partial charge on any atom is -0.454 e. The molecule has 1 aromatic heterocycles. The molecule has 2 aromatic rings. The summed E-state index contributed by atoms with van der Waals surface area (Å²) >= 11 is 1.60. The molecule has 0 saturated heterocycles. The van der Waals surface area contributed by atoms with Crippen LogP contribution in [0.3, 0.4) is 0 Å². The van der Waals surface area contributed by atoms with Crippen molar-refractivity contribution >= 4 is 23.3 Å². The third kappa shape index (κ3) is 3.99. The fourth-order valence-electron chi connectivity index (χ4n) is 2.94. The molecule has 5 nitrogen and oxygen atoms in total. The SMILES string of the molecule is C#CCCN(C(=C)Sc1cc2c(cc1C)OCO2)c1ccnc(NC)c1C. The number of hydrogen-bond donors (Lipinski definition) is 1. The van der Waals surface area contributed by atoms with Gasteiger partial charge in [0.25, 0.3) is 0 Å². The molecule has 1 N–H and O–H groups in total. The van der Waals surface area contributed by atoms with E-state index in [0.717, 1.165) is 44.1 Å². The zero-order chi connectivity index (χ0) is 19.4. The van der Waals surface area contributed by atoms with Gasteiger partial charge >= 0.3 is 0 Å². The first kappa shape index (κ1) is 19.0. The van der Waals surface area contributed by atoms with Gasteiger partial charge < -0.3 is 19.7 Å². The summed E-state index contributed by atoms with van der Waals surface area (Å²) in [5.41, 5.74) is 3.21. The average molecular weight is 382 g/mol. The molecule has 0 atom stereocenters. The van der Waals surface area contributed by atoms with Crippen LogP contribution in [0.5, 0.6) is 11.5 Å². The average Bonchev–Trinajstić information content (AvgIpc) is 3.10. The van der Waals surface area contributed by atoms with E-state index in [4.69, 9.17) is 15.9 Å². The summed E-state index contributed by atoms with van der Waals surface area (Å²) in [6.07, 6.45) is 7.93. The summed E-state index contributed by atoms with van der Waals surface area (Å²) in [5.74, 6) is 5.12. The van der Waals surface area contributed by atoms with Crippen LogP contribution < -0.4 is 19.7 Å². The van der Waals surface area contributed by atoms with Crippen LogP contribution in [0.25, 0.3) is 0 Å². The Hall–Kier alpha value is -2.78. The number of ether oxygens (including phenoxy) is 2. The third-order valence-corrected chi connectivity index (χ3v) is 5.50. The van der Waals surface area contributed by atoms with Crippen molar-refractivity contribution in [2.75, 3.05) is 30.6 Å². The summed E-state index contributed by atoms with van der Waals surface area (Å²) in [5, 5.41) is 4.02. The number of fused-ring (bicyclic) bond motifs is 1. The molecule has 1 aliphatic heterocycles. The lowest BCUT2D eigenvalue weighted by atomic mass is 10.2. The molecule has 0 amide bonds. The molecule has 27 heavy (non-hydrogen) atoms. The molecule has 0 unspecified atom stereocenters. The van der Waals surface area contributed by atoms with Gasteiger partial charge in [0.2, 0.25) is 6.79 Å². The molecular weight excluding hydrogens is 358 g/mol. The van der Waals surface area contributed by atoms with Crippen LogP contribution in [0.1, 0.15) is 17.5 Å². The smallest absolute Gasteiger partial charge is 0.231 e. The van der Waals surface area contributed by atoms with Gasteiger partial charge in [-0.25, -0.2) is 4.98 Å². The number of benzene rings is 1. The van der Waals surface area contributed by atoms with Crippen LogP contribution in [-0.2, 0) is 0 Å². The van der Waals surface area contributed by atoms with E-state index >= 15 is 0 Å². The van der Waals surface area contributed by atoms with Crippen LogP contribution in [0.4, 0.5) is 11.5 Å². The Morgan fingerprint density at radius 1 is 1.37 bits per heavy atom. The van der Waals surface area contributed by atoms with Crippen molar-refractivity contribution in [2.45, 2.75) is 25.2 Å². The lowest BCUT2D eigenvalue weighted by Crippen LogP contribution is -2.23. The van der Waals surface area contributed by atoms with Crippen molar-refractivity contribution in [3.8, 4) is 23.8 Å². The maximum atomic E-state index is 5.52. The van der Waals surface area contributed by atoms with E-state index < -0.39 is 0 Å². The first-order chi connectivity index (χ1) is 13.0. The monoisotopic (exact) mass is 381 g/mol. The van der Waals surface area contributed by atoms with E-state index in [0.29, 0.717) is 13.0 Å². The number of rotatable bonds is 7. The highest BCUT2D eigenvalue weighted by atomic mass is 32.2. The lowest BCUT2D eigenvalue weighted by molar-refractivity contribution is 0.174. The number of aryl methyl sites for hydroxylation is 1. The van der Waals surface area contributed by atoms with Crippen molar-refractivity contribution in [2.24, 2.45) is 0 Å². The second kappa shape index (κ2) is 8.28. The van der Waals surface area contributed by atoms with Crippen LogP contribution in [0.15, 0.2) is 40.9 Å². The summed E-state index contributed by atoms with van der Waals surface area (Å²) in [6, 6.07) is 6.00. The topological polar surface area (TPSA) is 46.6 Å². The fourth-order valence-corrected chi connectivity index (χ4v) is 3.88. The number of hydrogen-bond acceptors (Lipinski definition) is 6. The molecule has 0 aliphatic carbocycles. The zero-order valence-corrected chi connectivity index (χ0v) is 16.7. The second-order valence-corrected chi connectivity index (χ2v) is 7.24. The van der Waals surface area contributed by atoms with Gasteiger partial charge in [0.15, 0.2) is 11.5 Å². The molecule has 0 radical (unpaired) electrons. The lowest BCUT2D eigenvalue weighted by Gasteiger charge is -2.28. The number of thioether (sulfide) groups is 1. The number of terminal acetylenes is 1. The number of nitrogens with one attached hydrogen (secondary N) is 1. The van der Waals surface area contributed by atoms with Gasteiger partial charge in [-0.15, -0.1) is 12.3 Å². The van der Waals surface area contributed by atoms with Gasteiger partial charge in [0, 0.05) is 42.4 Å². The summed E-state index contributed by atoms with van der Waals surface area (Å²) < 4.78 is 11.0. The van der Waals surface area contributed by atoms with E-state index in [1.807, 2.05) is 32.2 Å². The highest BCUT2D eigenvalue weighted by Crippen LogP contribution is 2.41. The summed E-state index contributed by atoms with van der Waals surface area (Å²) in [7, 11) is 1.87. The molecule has 1 aromatic carbocycles. The van der Waals surface area contributed by atoms with Gasteiger partial charge in [-0.3, -0.25) is 0 Å². The minimum atomic E-state index is 0.265. The van der Waals surface area contributed by atoms with E-state index in [2.05, 4.69) is 34.6 Å². The Morgan fingerprint density at radius 3 is 2.81 bits per heavy atom. The Kier molecular flexibility index (Phi) is 5.82. The van der Waals surface area contributed by atoms with Crippen molar-refractivity contribution in [1.29, 1.82) is 0 Å². The number of aromatic nitrogens is 1. The largest absolute Gasteiger partial charge is 0.454 e. The third-order valence-electron chi connectivity index (χ3n) is 4.38. The predicted molar refractivity (Wildman–Crippen MR) is 112 cm³/mol. The van der Waals surface area contributed by atoms with Gasteiger partial charge in [-0.2, -0.15) is 0 Å². The Balaban J connectivity index is 1.90. The summed E-state index contributed by atoms with van der Waals surface area (Å²) in [6.45, 7) is 9.36. The van der Waals surface area contributed by atoms with E-state index in [-0.39, 0.29) is 6.79 Å². The van der Waals surface area contributed by atoms with E-state index in [1.165, 1.54) is 0 Å². The zero-order valence-electron chi connectivity index (χ0n) is 15.8. The Labute approximate surface area is 164 Å². The number of nitrogens with zero attached hydrogens (tertiary/aromatic N) is 2. The molecule has 1 aliphatic rings. The Bertz CT molecular complexity index is 905. The molecule has 140 valence electrons. The molecule has 0 saturated carbocycles. The number of anilines is 2. The van der Waals surface area contributed by atoms with Gasteiger partial charge in [-0.05, 0) is 37.6 Å². The van der Waals surface area contributed by atoms with E-state index in [9.17, 15) is 0 Å². The second-order valence-electron chi connectivity index (χ2n) is 6.13. The Morgan fingerprint density at radius 2 is 2.11 bits per heavy atom. The van der Waals surface area contributed by atoms with Gasteiger partial charge in [0.1, 0.15) is 5.82 Å². The molecular formula is C21H23N3O2S. The molecule has 2 heterocycles. The van der Waals surface area contributed by atoms with Crippen LogP contribution in [0, 0.1) is 26.2 Å². The van der Waals surface area contributed by atoms with Gasteiger partial charge in [-0.1, -0.05) is 18.3 Å². The maximum Gasteiger partial charge on any atom is 0.231 e. The van der Waals surface area contributed by atoms with Crippen molar-refractivity contribution < 1.29 is 9.47 Å². The van der Waals surface area contributed by atoms with Crippen molar-refractivity contribution in [3.63, 3.8) is 0 Å². The van der Waals surface area contributed by atoms with Crippen LogP contribution in [-0.4, -0.2) is 25.4 Å². The normalized spacial score (nSPS) is 11.8. The molecule has 0 bridgehead atoms. The molecule has 0 fully saturated rings. The first-order valence-electron chi connectivity index (χ1n) is 8.66. The molecule has 0 spiro atoms. The predicted octanol–water partition coefficient (Wildman–Crippen LogP) is 4.56. The quantitative estimate of drug-likeness (QED) is 0.560. The molecule has 6 heteroatoms. The maximum absolute atomic E-state index is 5.52. The van der Waals surface area contributed by atoms with Crippen molar-refractivity contribution in [1.82, 2.24) is 4.98 Å². The highest BCUT2D eigenvalue weighted by molar-refractivity contribution is 8.03.